The molecule has 2 aromatic carbocycles. The van der Waals surface area contributed by atoms with Gasteiger partial charge < -0.3 is 24.5 Å². The van der Waals surface area contributed by atoms with Crippen LogP contribution in [0.25, 0.3) is 22.3 Å². The van der Waals surface area contributed by atoms with Crippen LogP contribution >= 0.6 is 0 Å². The molecule has 0 atom stereocenters. The van der Waals surface area contributed by atoms with Crippen molar-refractivity contribution in [1.29, 1.82) is 0 Å². The van der Waals surface area contributed by atoms with Gasteiger partial charge in [-0.15, -0.1) is 0 Å². The van der Waals surface area contributed by atoms with Gasteiger partial charge >= 0.3 is 0 Å². The molecule has 0 aliphatic carbocycles. The summed E-state index contributed by atoms with van der Waals surface area (Å²) in [5.41, 5.74) is 2.91. The topological polar surface area (TPSA) is 100 Å². The van der Waals surface area contributed by atoms with Crippen molar-refractivity contribution in [2.75, 3.05) is 7.11 Å². The molecule has 0 aliphatic heterocycles. The van der Waals surface area contributed by atoms with Crippen molar-refractivity contribution in [3.8, 4) is 34.3 Å². The Morgan fingerprint density at radius 2 is 1.59 bits per heavy atom. The first-order valence-corrected chi connectivity index (χ1v) is 10.3. The lowest BCUT2D eigenvalue weighted by Gasteiger charge is -2.15. The smallest absolute Gasteiger partial charge is 0.200 e. The molecule has 0 fully saturated rings. The fourth-order valence-electron chi connectivity index (χ4n) is 3.49. The van der Waals surface area contributed by atoms with Crippen molar-refractivity contribution in [2.45, 2.75) is 40.5 Å². The summed E-state index contributed by atoms with van der Waals surface area (Å²) in [6.07, 6.45) is 4.48. The van der Waals surface area contributed by atoms with Gasteiger partial charge in [-0.2, -0.15) is 0 Å². The summed E-state index contributed by atoms with van der Waals surface area (Å²) < 4.78 is 11.5. The molecule has 1 aromatic heterocycles. The number of hydrogen-bond acceptors (Lipinski definition) is 6. The SMILES string of the molecule is COc1cc2oc(-c3ccc(O)cc3O)c(CC=C(C)C)c(=O)c2c(O)c1CC=C(C)C. The molecule has 3 N–H and O–H groups in total. The van der Waals surface area contributed by atoms with E-state index in [4.69, 9.17) is 9.15 Å². The van der Waals surface area contributed by atoms with Crippen LogP contribution in [-0.4, -0.2) is 22.4 Å². The second-order valence-electron chi connectivity index (χ2n) is 8.19. The van der Waals surface area contributed by atoms with E-state index < -0.39 is 0 Å². The molecule has 0 aliphatic rings. The normalized spacial score (nSPS) is 10.8. The van der Waals surface area contributed by atoms with Crippen molar-refractivity contribution < 1.29 is 24.5 Å². The quantitative estimate of drug-likeness (QED) is 0.435. The lowest BCUT2D eigenvalue weighted by atomic mass is 9.98. The maximum absolute atomic E-state index is 13.6. The molecule has 0 saturated heterocycles. The summed E-state index contributed by atoms with van der Waals surface area (Å²) >= 11 is 0. The van der Waals surface area contributed by atoms with Gasteiger partial charge in [0.15, 0.2) is 0 Å². The van der Waals surface area contributed by atoms with Crippen LogP contribution in [-0.2, 0) is 12.8 Å². The number of phenols is 3. The summed E-state index contributed by atoms with van der Waals surface area (Å²) in [6.45, 7) is 7.74. The van der Waals surface area contributed by atoms with Crippen LogP contribution in [0, 0.1) is 0 Å². The Balaban J connectivity index is 2.40. The highest BCUT2D eigenvalue weighted by molar-refractivity contribution is 5.89. The van der Waals surface area contributed by atoms with E-state index in [-0.39, 0.29) is 51.4 Å². The molecule has 168 valence electrons. The van der Waals surface area contributed by atoms with E-state index in [2.05, 4.69) is 0 Å². The van der Waals surface area contributed by atoms with Crippen LogP contribution in [0.5, 0.6) is 23.0 Å². The first kappa shape index (κ1) is 23.0. The summed E-state index contributed by atoms with van der Waals surface area (Å²) in [6, 6.07) is 5.66. The van der Waals surface area contributed by atoms with Gasteiger partial charge in [-0.1, -0.05) is 23.3 Å². The van der Waals surface area contributed by atoms with E-state index >= 15 is 0 Å². The van der Waals surface area contributed by atoms with Gasteiger partial charge in [0.1, 0.15) is 39.7 Å². The maximum Gasteiger partial charge on any atom is 0.200 e. The maximum atomic E-state index is 13.6. The van der Waals surface area contributed by atoms with E-state index in [1.165, 1.54) is 25.3 Å². The second kappa shape index (κ2) is 9.22. The Kier molecular flexibility index (Phi) is 6.63. The molecule has 32 heavy (non-hydrogen) atoms. The molecule has 0 radical (unpaired) electrons. The zero-order valence-corrected chi connectivity index (χ0v) is 18.9. The van der Waals surface area contributed by atoms with Crippen molar-refractivity contribution in [3.63, 3.8) is 0 Å². The Hall–Kier alpha value is -3.67. The molecule has 0 unspecified atom stereocenters. The minimum Gasteiger partial charge on any atom is -0.508 e. The molecule has 0 spiro atoms. The number of benzene rings is 2. The first-order chi connectivity index (χ1) is 15.1. The third kappa shape index (κ3) is 4.49. The largest absolute Gasteiger partial charge is 0.508 e. The van der Waals surface area contributed by atoms with Gasteiger partial charge in [0.05, 0.1) is 12.7 Å². The fourth-order valence-corrected chi connectivity index (χ4v) is 3.49. The average Bonchev–Trinajstić information content (AvgIpc) is 2.71. The van der Waals surface area contributed by atoms with Crippen LogP contribution in [0.3, 0.4) is 0 Å². The zero-order valence-electron chi connectivity index (χ0n) is 18.9. The number of rotatable bonds is 6. The van der Waals surface area contributed by atoms with Gasteiger partial charge in [-0.25, -0.2) is 0 Å². The first-order valence-electron chi connectivity index (χ1n) is 10.3. The van der Waals surface area contributed by atoms with E-state index in [1.807, 2.05) is 39.8 Å². The lowest BCUT2D eigenvalue weighted by molar-refractivity contribution is 0.401. The van der Waals surface area contributed by atoms with Crippen molar-refractivity contribution in [2.24, 2.45) is 0 Å². The summed E-state index contributed by atoms with van der Waals surface area (Å²) in [5.74, 6) is 0.0703. The van der Waals surface area contributed by atoms with Crippen LogP contribution in [0.4, 0.5) is 0 Å². The van der Waals surface area contributed by atoms with E-state index in [0.29, 0.717) is 23.3 Å². The van der Waals surface area contributed by atoms with Crippen LogP contribution < -0.4 is 10.2 Å². The lowest BCUT2D eigenvalue weighted by Crippen LogP contribution is -2.12. The molecular formula is C26H28O6. The number of fused-ring (bicyclic) bond motifs is 1. The predicted octanol–water partition coefficient (Wildman–Crippen LogP) is 5.60. The molecule has 6 nitrogen and oxygen atoms in total. The summed E-state index contributed by atoms with van der Waals surface area (Å²) in [7, 11) is 1.49. The molecule has 6 heteroatoms. The van der Waals surface area contributed by atoms with Gasteiger partial charge in [0.25, 0.3) is 0 Å². The van der Waals surface area contributed by atoms with Gasteiger partial charge in [-0.05, 0) is 52.7 Å². The van der Waals surface area contributed by atoms with E-state index in [1.54, 1.807) is 6.07 Å². The van der Waals surface area contributed by atoms with E-state index in [0.717, 1.165) is 11.1 Å². The molecular weight excluding hydrogens is 408 g/mol. The number of aromatic hydroxyl groups is 3. The zero-order chi connectivity index (χ0) is 23.6. The number of phenolic OH excluding ortho intramolecular Hbond substituents is 3. The van der Waals surface area contributed by atoms with Gasteiger partial charge in [0.2, 0.25) is 5.43 Å². The van der Waals surface area contributed by atoms with Crippen molar-refractivity contribution >= 4 is 11.0 Å². The summed E-state index contributed by atoms with van der Waals surface area (Å²) in [5, 5.41) is 31.2. The molecule has 3 aromatic rings. The van der Waals surface area contributed by atoms with E-state index in [9.17, 15) is 20.1 Å². The molecule has 3 rings (SSSR count). The standard InChI is InChI=1S/C26H28O6/c1-14(2)6-9-18-21(31-5)13-22-23(24(18)29)25(30)19(10-7-15(3)4)26(32-22)17-11-8-16(27)12-20(17)28/h6-8,11-13,27-29H,9-10H2,1-5H3. The highest BCUT2D eigenvalue weighted by atomic mass is 16.5. The fraction of sp³-hybridized carbons (Fsp3) is 0.269. The molecule has 0 bridgehead atoms. The third-order valence-corrected chi connectivity index (χ3v) is 5.19. The van der Waals surface area contributed by atoms with Gasteiger partial charge in [0, 0.05) is 23.3 Å². The summed E-state index contributed by atoms with van der Waals surface area (Å²) in [4.78, 5) is 13.6. The third-order valence-electron chi connectivity index (χ3n) is 5.19. The predicted molar refractivity (Wildman–Crippen MR) is 126 cm³/mol. The highest BCUT2D eigenvalue weighted by Gasteiger charge is 2.23. The van der Waals surface area contributed by atoms with Crippen LogP contribution in [0.2, 0.25) is 0 Å². The number of allylic oxidation sites excluding steroid dienone is 4. The Morgan fingerprint density at radius 3 is 2.16 bits per heavy atom. The highest BCUT2D eigenvalue weighted by Crippen LogP contribution is 2.40. The minimum absolute atomic E-state index is 0.0714. The van der Waals surface area contributed by atoms with Crippen molar-refractivity contribution in [3.05, 3.63) is 68.9 Å². The number of hydrogen-bond donors (Lipinski definition) is 3. The van der Waals surface area contributed by atoms with Crippen LogP contribution in [0.1, 0.15) is 38.8 Å². The molecule has 0 saturated carbocycles. The minimum atomic E-state index is -0.384. The molecule has 0 amide bonds. The Bertz CT molecular complexity index is 1290. The number of methoxy groups -OCH3 is 1. The Labute approximate surface area is 186 Å². The molecule has 1 heterocycles. The average molecular weight is 437 g/mol. The Morgan fingerprint density at radius 1 is 0.969 bits per heavy atom. The van der Waals surface area contributed by atoms with Gasteiger partial charge in [-0.3, -0.25) is 4.79 Å². The van der Waals surface area contributed by atoms with Crippen molar-refractivity contribution in [1.82, 2.24) is 0 Å². The van der Waals surface area contributed by atoms with Crippen LogP contribution in [0.15, 0.2) is 56.8 Å². The second-order valence-corrected chi connectivity index (χ2v) is 8.19. The number of ether oxygens (including phenoxy) is 1. The monoisotopic (exact) mass is 436 g/mol.